The number of hydrogen-bond donors (Lipinski definition) is 0. The molecule has 0 bridgehead atoms. The van der Waals surface area contributed by atoms with E-state index in [0.29, 0.717) is 17.0 Å². The van der Waals surface area contributed by atoms with Crippen LogP contribution >= 0.6 is 0 Å². The molecule has 0 aliphatic heterocycles. The average Bonchev–Trinajstić information content (AvgIpc) is 2.71. The standard InChI is InChI=1S/C14H15NO2/c1-9(2)14(16)12-10(3)17-15-13(12)11-7-5-4-6-8-11/h4-9H,1-3H3. The molecule has 1 aromatic carbocycles. The van der Waals surface area contributed by atoms with Gasteiger partial charge in [-0.3, -0.25) is 4.79 Å². The number of rotatable bonds is 3. The summed E-state index contributed by atoms with van der Waals surface area (Å²) in [5, 5.41) is 3.99. The van der Waals surface area contributed by atoms with Gasteiger partial charge in [0.1, 0.15) is 11.5 Å². The van der Waals surface area contributed by atoms with Crippen molar-refractivity contribution in [2.24, 2.45) is 5.92 Å². The molecule has 17 heavy (non-hydrogen) atoms. The molecular formula is C14H15NO2. The van der Waals surface area contributed by atoms with E-state index in [1.54, 1.807) is 6.92 Å². The summed E-state index contributed by atoms with van der Waals surface area (Å²) >= 11 is 0. The maximum Gasteiger partial charge on any atom is 0.171 e. The van der Waals surface area contributed by atoms with Crippen LogP contribution in [0.5, 0.6) is 0 Å². The van der Waals surface area contributed by atoms with Crippen molar-refractivity contribution >= 4 is 5.78 Å². The highest BCUT2D eigenvalue weighted by molar-refractivity contribution is 6.03. The lowest BCUT2D eigenvalue weighted by atomic mass is 9.96. The average molecular weight is 229 g/mol. The number of benzene rings is 1. The Morgan fingerprint density at radius 2 is 1.88 bits per heavy atom. The number of aryl methyl sites for hydroxylation is 1. The van der Waals surface area contributed by atoms with E-state index in [4.69, 9.17) is 4.52 Å². The Kier molecular flexibility index (Phi) is 3.09. The lowest BCUT2D eigenvalue weighted by Crippen LogP contribution is -2.09. The molecule has 0 amide bonds. The van der Waals surface area contributed by atoms with Crippen LogP contribution in [0.25, 0.3) is 11.3 Å². The van der Waals surface area contributed by atoms with Crippen LogP contribution in [-0.4, -0.2) is 10.9 Å². The van der Waals surface area contributed by atoms with Crippen LogP contribution in [0.15, 0.2) is 34.9 Å². The molecule has 0 fully saturated rings. The molecule has 0 aliphatic rings. The fourth-order valence-electron chi connectivity index (χ4n) is 1.74. The van der Waals surface area contributed by atoms with Gasteiger partial charge in [-0.1, -0.05) is 49.3 Å². The third-order valence-corrected chi connectivity index (χ3v) is 2.68. The number of ketones is 1. The predicted molar refractivity (Wildman–Crippen MR) is 65.8 cm³/mol. The van der Waals surface area contributed by atoms with Crippen LogP contribution in [0.3, 0.4) is 0 Å². The molecule has 0 radical (unpaired) electrons. The van der Waals surface area contributed by atoms with Gasteiger partial charge in [-0.2, -0.15) is 0 Å². The Hall–Kier alpha value is -1.90. The first-order valence-corrected chi connectivity index (χ1v) is 5.67. The van der Waals surface area contributed by atoms with E-state index in [1.165, 1.54) is 0 Å². The topological polar surface area (TPSA) is 43.1 Å². The van der Waals surface area contributed by atoms with E-state index >= 15 is 0 Å². The highest BCUT2D eigenvalue weighted by atomic mass is 16.5. The number of aromatic nitrogens is 1. The van der Waals surface area contributed by atoms with Gasteiger partial charge in [0.15, 0.2) is 5.78 Å². The summed E-state index contributed by atoms with van der Waals surface area (Å²) in [7, 11) is 0. The monoisotopic (exact) mass is 229 g/mol. The Morgan fingerprint density at radius 1 is 1.24 bits per heavy atom. The summed E-state index contributed by atoms with van der Waals surface area (Å²) in [5.74, 6) is 0.598. The molecule has 1 heterocycles. The highest BCUT2D eigenvalue weighted by Crippen LogP contribution is 2.27. The van der Waals surface area contributed by atoms with Crippen LogP contribution in [0.4, 0.5) is 0 Å². The van der Waals surface area contributed by atoms with E-state index in [1.807, 2.05) is 44.2 Å². The Bertz CT molecular complexity index is 526. The van der Waals surface area contributed by atoms with Crippen molar-refractivity contribution < 1.29 is 9.32 Å². The van der Waals surface area contributed by atoms with Crippen LogP contribution in [0.2, 0.25) is 0 Å². The summed E-state index contributed by atoms with van der Waals surface area (Å²) in [6.45, 7) is 5.53. The zero-order valence-corrected chi connectivity index (χ0v) is 10.2. The lowest BCUT2D eigenvalue weighted by Gasteiger charge is -2.04. The smallest absolute Gasteiger partial charge is 0.171 e. The van der Waals surface area contributed by atoms with Crippen molar-refractivity contribution in [3.63, 3.8) is 0 Å². The van der Waals surface area contributed by atoms with Crippen LogP contribution in [-0.2, 0) is 0 Å². The molecule has 0 atom stereocenters. The fourth-order valence-corrected chi connectivity index (χ4v) is 1.74. The Morgan fingerprint density at radius 3 is 2.47 bits per heavy atom. The second-order valence-corrected chi connectivity index (χ2v) is 4.35. The van der Waals surface area contributed by atoms with E-state index in [2.05, 4.69) is 5.16 Å². The van der Waals surface area contributed by atoms with Gasteiger partial charge in [0.25, 0.3) is 0 Å². The van der Waals surface area contributed by atoms with E-state index in [-0.39, 0.29) is 11.7 Å². The first-order valence-electron chi connectivity index (χ1n) is 5.67. The van der Waals surface area contributed by atoms with Crippen molar-refractivity contribution in [2.45, 2.75) is 20.8 Å². The zero-order chi connectivity index (χ0) is 12.4. The Balaban J connectivity index is 2.54. The summed E-state index contributed by atoms with van der Waals surface area (Å²) < 4.78 is 5.15. The summed E-state index contributed by atoms with van der Waals surface area (Å²) in [6.07, 6.45) is 0. The van der Waals surface area contributed by atoms with Gasteiger partial charge in [-0.25, -0.2) is 0 Å². The van der Waals surface area contributed by atoms with Gasteiger partial charge < -0.3 is 4.52 Å². The molecule has 88 valence electrons. The number of nitrogens with zero attached hydrogens (tertiary/aromatic N) is 1. The van der Waals surface area contributed by atoms with Crippen molar-refractivity contribution in [3.05, 3.63) is 41.7 Å². The van der Waals surface area contributed by atoms with E-state index < -0.39 is 0 Å². The number of Topliss-reactive ketones (excluding diaryl/α,β-unsaturated/α-hetero) is 1. The van der Waals surface area contributed by atoms with Gasteiger partial charge in [-0.05, 0) is 6.92 Å². The molecular weight excluding hydrogens is 214 g/mol. The van der Waals surface area contributed by atoms with Crippen molar-refractivity contribution in [1.29, 1.82) is 0 Å². The molecule has 2 rings (SSSR count). The molecule has 1 aromatic heterocycles. The van der Waals surface area contributed by atoms with Gasteiger partial charge in [-0.15, -0.1) is 0 Å². The number of hydrogen-bond acceptors (Lipinski definition) is 3. The number of carbonyl (C=O) groups is 1. The molecule has 0 saturated heterocycles. The second-order valence-electron chi connectivity index (χ2n) is 4.35. The van der Waals surface area contributed by atoms with Gasteiger partial charge >= 0.3 is 0 Å². The van der Waals surface area contributed by atoms with Crippen LogP contribution in [0.1, 0.15) is 30.0 Å². The minimum atomic E-state index is -0.0597. The predicted octanol–water partition coefficient (Wildman–Crippen LogP) is 3.49. The third kappa shape index (κ3) is 2.13. The molecule has 3 nitrogen and oxygen atoms in total. The maximum absolute atomic E-state index is 12.1. The molecule has 0 unspecified atom stereocenters. The zero-order valence-electron chi connectivity index (χ0n) is 10.2. The normalized spacial score (nSPS) is 10.8. The van der Waals surface area contributed by atoms with E-state index in [9.17, 15) is 4.79 Å². The second kappa shape index (κ2) is 4.53. The quantitative estimate of drug-likeness (QED) is 0.756. The molecule has 0 spiro atoms. The minimum absolute atomic E-state index is 0.0597. The minimum Gasteiger partial charge on any atom is -0.360 e. The van der Waals surface area contributed by atoms with Crippen LogP contribution < -0.4 is 0 Å². The van der Waals surface area contributed by atoms with Crippen molar-refractivity contribution in [2.75, 3.05) is 0 Å². The first kappa shape index (κ1) is 11.6. The van der Waals surface area contributed by atoms with E-state index in [0.717, 1.165) is 5.56 Å². The lowest BCUT2D eigenvalue weighted by molar-refractivity contribution is 0.0938. The highest BCUT2D eigenvalue weighted by Gasteiger charge is 2.23. The van der Waals surface area contributed by atoms with Crippen molar-refractivity contribution in [1.82, 2.24) is 5.16 Å². The summed E-state index contributed by atoms with van der Waals surface area (Å²) in [6, 6.07) is 9.62. The van der Waals surface area contributed by atoms with Gasteiger partial charge in [0.2, 0.25) is 0 Å². The Labute approximate surface area is 100 Å². The molecule has 2 aromatic rings. The third-order valence-electron chi connectivity index (χ3n) is 2.68. The van der Waals surface area contributed by atoms with Gasteiger partial charge in [0, 0.05) is 11.5 Å². The molecule has 0 aliphatic carbocycles. The van der Waals surface area contributed by atoms with Crippen LogP contribution in [0, 0.1) is 12.8 Å². The molecule has 0 saturated carbocycles. The van der Waals surface area contributed by atoms with Gasteiger partial charge in [0.05, 0.1) is 5.56 Å². The van der Waals surface area contributed by atoms with Crippen molar-refractivity contribution in [3.8, 4) is 11.3 Å². The maximum atomic E-state index is 12.1. The molecule has 0 N–H and O–H groups in total. The SMILES string of the molecule is Cc1onc(-c2ccccc2)c1C(=O)C(C)C. The number of carbonyl (C=O) groups excluding carboxylic acids is 1. The first-order chi connectivity index (χ1) is 8.11. The summed E-state index contributed by atoms with van der Waals surface area (Å²) in [4.78, 5) is 12.1. The largest absolute Gasteiger partial charge is 0.360 e. The fraction of sp³-hybridized carbons (Fsp3) is 0.286. The summed E-state index contributed by atoms with van der Waals surface area (Å²) in [5.41, 5.74) is 2.15. The molecule has 3 heteroatoms.